The summed E-state index contributed by atoms with van der Waals surface area (Å²) in [6.45, 7) is 2.56. The van der Waals surface area contributed by atoms with Crippen molar-refractivity contribution >= 4 is 12.0 Å². The Kier molecular flexibility index (Phi) is 5.34. The Balaban J connectivity index is 1.54. The first-order valence-electron chi connectivity index (χ1n) is 8.79. The van der Waals surface area contributed by atoms with Crippen LogP contribution in [0.25, 0.3) is 11.8 Å². The molecule has 5 heteroatoms. The van der Waals surface area contributed by atoms with Crippen LogP contribution in [0.4, 0.5) is 0 Å². The zero-order chi connectivity index (χ0) is 17.7. The topological polar surface area (TPSA) is 67.2 Å². The zero-order valence-electron chi connectivity index (χ0n) is 14.6. The Morgan fingerprint density at radius 1 is 1.40 bits per heavy atom. The fourth-order valence-corrected chi connectivity index (χ4v) is 3.28. The molecule has 2 atom stereocenters. The third-order valence-electron chi connectivity index (χ3n) is 5.07. The van der Waals surface area contributed by atoms with E-state index in [-0.39, 0.29) is 17.4 Å². The van der Waals surface area contributed by atoms with Crippen LogP contribution in [0.15, 0.2) is 49.1 Å². The normalized spacial score (nSPS) is 23.7. The smallest absolute Gasteiger partial charge is 0.244 e. The monoisotopic (exact) mass is 339 g/mol. The molecule has 2 N–H and O–H groups in total. The van der Waals surface area contributed by atoms with Gasteiger partial charge in [-0.15, -0.1) is 0 Å². The predicted molar refractivity (Wildman–Crippen MR) is 98.2 cm³/mol. The second-order valence-corrected chi connectivity index (χ2v) is 7.03. The van der Waals surface area contributed by atoms with Crippen molar-refractivity contribution in [1.29, 1.82) is 0 Å². The number of rotatable bonds is 5. The quantitative estimate of drug-likeness (QED) is 0.823. The fraction of sp³-hybridized carbons (Fsp3) is 0.400. The van der Waals surface area contributed by atoms with E-state index in [1.807, 2.05) is 35.0 Å². The van der Waals surface area contributed by atoms with Crippen molar-refractivity contribution in [3.05, 3.63) is 54.6 Å². The van der Waals surface area contributed by atoms with Gasteiger partial charge in [-0.1, -0.05) is 31.9 Å². The summed E-state index contributed by atoms with van der Waals surface area (Å²) in [7, 11) is 0. The lowest BCUT2D eigenvalue weighted by Crippen LogP contribution is -2.44. The van der Waals surface area contributed by atoms with E-state index in [0.717, 1.165) is 36.9 Å². The van der Waals surface area contributed by atoms with E-state index >= 15 is 0 Å². The minimum absolute atomic E-state index is 0.127. The number of benzene rings is 1. The molecule has 2 unspecified atom stereocenters. The Morgan fingerprint density at radius 2 is 2.20 bits per heavy atom. The molecule has 1 aromatic carbocycles. The third kappa shape index (κ3) is 4.37. The lowest BCUT2D eigenvalue weighted by molar-refractivity contribution is -0.117. The van der Waals surface area contributed by atoms with Gasteiger partial charge in [-0.3, -0.25) is 4.79 Å². The van der Waals surface area contributed by atoms with Crippen molar-refractivity contribution in [1.82, 2.24) is 14.9 Å². The summed E-state index contributed by atoms with van der Waals surface area (Å²) in [5.74, 6) is -0.127. The van der Waals surface area contributed by atoms with Gasteiger partial charge >= 0.3 is 0 Å². The molecule has 5 nitrogen and oxygen atoms in total. The molecule has 0 aliphatic heterocycles. The Hall–Kier alpha value is -2.40. The molecule has 2 aromatic rings. The van der Waals surface area contributed by atoms with Gasteiger partial charge in [-0.2, -0.15) is 0 Å². The fourth-order valence-electron chi connectivity index (χ4n) is 3.28. The molecule has 3 rings (SSSR count). The Morgan fingerprint density at radius 3 is 2.88 bits per heavy atom. The summed E-state index contributed by atoms with van der Waals surface area (Å²) >= 11 is 0. The average Bonchev–Trinajstić information content (AvgIpc) is 3.16. The summed E-state index contributed by atoms with van der Waals surface area (Å²) in [6.07, 6.45) is 12.3. The molecule has 1 aromatic heterocycles. The van der Waals surface area contributed by atoms with Crippen LogP contribution in [0.2, 0.25) is 0 Å². The molecule has 0 saturated heterocycles. The maximum Gasteiger partial charge on any atom is 0.244 e. The van der Waals surface area contributed by atoms with Crippen LogP contribution >= 0.6 is 0 Å². The van der Waals surface area contributed by atoms with Crippen LogP contribution in [0.3, 0.4) is 0 Å². The first kappa shape index (κ1) is 17.4. The molecule has 1 saturated carbocycles. The number of carbonyl (C=O) groups excluding carboxylic acids is 1. The Labute approximate surface area is 148 Å². The largest absolute Gasteiger partial charge is 0.392 e. The van der Waals surface area contributed by atoms with Gasteiger partial charge in [0.1, 0.15) is 0 Å². The number of amides is 1. The van der Waals surface area contributed by atoms with Gasteiger partial charge in [0, 0.05) is 36.1 Å². The van der Waals surface area contributed by atoms with E-state index in [1.54, 1.807) is 24.7 Å². The molecular weight excluding hydrogens is 314 g/mol. The number of aliphatic hydroxyl groups is 1. The second kappa shape index (κ2) is 7.66. The van der Waals surface area contributed by atoms with Crippen LogP contribution < -0.4 is 5.32 Å². The van der Waals surface area contributed by atoms with E-state index < -0.39 is 0 Å². The molecule has 0 spiro atoms. The van der Waals surface area contributed by atoms with Gasteiger partial charge in [0.05, 0.1) is 12.4 Å². The van der Waals surface area contributed by atoms with Gasteiger partial charge in [-0.05, 0) is 36.6 Å². The SMILES string of the molecule is CC1(CNC(=O)C=Cc2ccc(-n3ccnc3)cc2)CCCCC1O. The van der Waals surface area contributed by atoms with Gasteiger partial charge in [0.2, 0.25) is 5.91 Å². The molecule has 25 heavy (non-hydrogen) atoms. The van der Waals surface area contributed by atoms with Crippen molar-refractivity contribution in [3.63, 3.8) is 0 Å². The van der Waals surface area contributed by atoms with E-state index in [4.69, 9.17) is 0 Å². The summed E-state index contributed by atoms with van der Waals surface area (Å²) in [5, 5.41) is 13.1. The van der Waals surface area contributed by atoms with Crippen LogP contribution in [-0.2, 0) is 4.79 Å². The molecule has 1 amide bonds. The van der Waals surface area contributed by atoms with Crippen molar-refractivity contribution in [2.45, 2.75) is 38.7 Å². The van der Waals surface area contributed by atoms with Crippen LogP contribution in [0, 0.1) is 5.41 Å². The van der Waals surface area contributed by atoms with E-state index in [1.165, 1.54) is 0 Å². The van der Waals surface area contributed by atoms with Crippen molar-refractivity contribution in [3.8, 4) is 5.69 Å². The number of nitrogens with zero attached hydrogens (tertiary/aromatic N) is 2. The molecule has 1 fully saturated rings. The summed E-state index contributed by atoms with van der Waals surface area (Å²) in [4.78, 5) is 16.1. The van der Waals surface area contributed by atoms with Gasteiger partial charge in [0.25, 0.3) is 0 Å². The molecule has 0 radical (unpaired) electrons. The minimum atomic E-state index is -0.332. The maximum absolute atomic E-state index is 12.1. The molecule has 132 valence electrons. The number of imidazole rings is 1. The van der Waals surface area contributed by atoms with E-state index in [2.05, 4.69) is 17.2 Å². The standard InChI is InChI=1S/C20H25N3O2/c1-20(11-3-2-4-18(20)24)14-22-19(25)10-7-16-5-8-17(9-6-16)23-13-12-21-15-23/h5-10,12-13,15,18,24H,2-4,11,14H2,1H3,(H,22,25). The van der Waals surface area contributed by atoms with Gasteiger partial charge < -0.3 is 15.0 Å². The van der Waals surface area contributed by atoms with E-state index in [9.17, 15) is 9.90 Å². The molecule has 0 bridgehead atoms. The highest BCUT2D eigenvalue weighted by Crippen LogP contribution is 2.35. The highest BCUT2D eigenvalue weighted by Gasteiger charge is 2.35. The molecule has 1 aliphatic rings. The number of carbonyl (C=O) groups is 1. The first-order chi connectivity index (χ1) is 12.1. The number of aromatic nitrogens is 2. The highest BCUT2D eigenvalue weighted by molar-refractivity contribution is 5.91. The lowest BCUT2D eigenvalue weighted by atomic mass is 9.73. The predicted octanol–water partition coefficient (Wildman–Crippen LogP) is 2.94. The number of hydrogen-bond acceptors (Lipinski definition) is 3. The second-order valence-electron chi connectivity index (χ2n) is 7.03. The van der Waals surface area contributed by atoms with Crippen LogP contribution in [0.1, 0.15) is 38.2 Å². The average molecular weight is 339 g/mol. The van der Waals surface area contributed by atoms with E-state index in [0.29, 0.717) is 6.54 Å². The van der Waals surface area contributed by atoms with Crippen molar-refractivity contribution in [2.24, 2.45) is 5.41 Å². The molecular formula is C20H25N3O2. The lowest BCUT2D eigenvalue weighted by Gasteiger charge is -2.38. The minimum Gasteiger partial charge on any atom is -0.392 e. The highest BCUT2D eigenvalue weighted by atomic mass is 16.3. The maximum atomic E-state index is 12.1. The van der Waals surface area contributed by atoms with Crippen molar-refractivity contribution in [2.75, 3.05) is 6.54 Å². The van der Waals surface area contributed by atoms with Crippen LogP contribution in [0.5, 0.6) is 0 Å². The third-order valence-corrected chi connectivity index (χ3v) is 5.07. The zero-order valence-corrected chi connectivity index (χ0v) is 14.6. The first-order valence-corrected chi connectivity index (χ1v) is 8.79. The summed E-state index contributed by atoms with van der Waals surface area (Å²) in [6, 6.07) is 7.90. The van der Waals surface area contributed by atoms with Gasteiger partial charge in [0.15, 0.2) is 0 Å². The molecule has 1 heterocycles. The number of hydrogen-bond donors (Lipinski definition) is 2. The Bertz CT molecular complexity index is 722. The van der Waals surface area contributed by atoms with Gasteiger partial charge in [-0.25, -0.2) is 4.98 Å². The number of aliphatic hydroxyl groups excluding tert-OH is 1. The van der Waals surface area contributed by atoms with Crippen LogP contribution in [-0.4, -0.2) is 33.2 Å². The van der Waals surface area contributed by atoms with Crippen molar-refractivity contribution < 1.29 is 9.90 Å². The molecule has 1 aliphatic carbocycles. The summed E-state index contributed by atoms with van der Waals surface area (Å²) < 4.78 is 1.93. The number of nitrogens with one attached hydrogen (secondary N) is 1. The summed E-state index contributed by atoms with van der Waals surface area (Å²) in [5.41, 5.74) is 1.77.